The van der Waals surface area contributed by atoms with Gasteiger partial charge in [-0.3, -0.25) is 9.97 Å². The molecule has 19 heavy (non-hydrogen) atoms. The van der Waals surface area contributed by atoms with E-state index < -0.39 is 0 Å². The molecule has 0 bridgehead atoms. The maximum absolute atomic E-state index is 4.44. The Balaban J connectivity index is 1.74. The van der Waals surface area contributed by atoms with E-state index in [1.165, 1.54) is 0 Å². The number of pyridine rings is 1. The highest BCUT2D eigenvalue weighted by Gasteiger charge is 2.01. The second-order valence-corrected chi connectivity index (χ2v) is 3.93. The summed E-state index contributed by atoms with van der Waals surface area (Å²) in [7, 11) is 0. The van der Waals surface area contributed by atoms with Crippen LogP contribution in [0.15, 0.2) is 55.4 Å². The van der Waals surface area contributed by atoms with Crippen molar-refractivity contribution in [3.05, 3.63) is 60.9 Å². The Bertz CT molecular complexity index is 635. The summed E-state index contributed by atoms with van der Waals surface area (Å²) >= 11 is 0. The first-order chi connectivity index (χ1) is 9.42. The fourth-order valence-corrected chi connectivity index (χ4v) is 1.65. The zero-order valence-corrected chi connectivity index (χ0v) is 10.1. The van der Waals surface area contributed by atoms with Gasteiger partial charge >= 0.3 is 0 Å². The van der Waals surface area contributed by atoms with Crippen molar-refractivity contribution in [2.75, 3.05) is 5.32 Å². The molecule has 0 spiro atoms. The smallest absolute Gasteiger partial charge is 0.173 e. The molecule has 0 aromatic carbocycles. The molecule has 0 atom stereocenters. The maximum atomic E-state index is 4.44. The zero-order chi connectivity index (χ0) is 12.9. The lowest BCUT2D eigenvalue weighted by molar-refractivity contribution is 0.837. The molecular formula is C13H12N6. The van der Waals surface area contributed by atoms with E-state index >= 15 is 0 Å². The number of aromatic nitrogens is 5. The van der Waals surface area contributed by atoms with E-state index in [0.29, 0.717) is 18.2 Å². The van der Waals surface area contributed by atoms with Gasteiger partial charge in [-0.1, -0.05) is 6.07 Å². The van der Waals surface area contributed by atoms with Gasteiger partial charge in [0, 0.05) is 31.3 Å². The average Bonchev–Trinajstić information content (AvgIpc) is 3.01. The first-order valence-electron chi connectivity index (χ1n) is 5.87. The lowest BCUT2D eigenvalue weighted by atomic mass is 10.3. The van der Waals surface area contributed by atoms with Crippen LogP contribution in [0.4, 0.5) is 5.82 Å². The number of anilines is 1. The van der Waals surface area contributed by atoms with Crippen LogP contribution in [0.3, 0.4) is 0 Å². The molecule has 3 heterocycles. The van der Waals surface area contributed by atoms with Gasteiger partial charge in [-0.05, 0) is 17.7 Å². The van der Waals surface area contributed by atoms with Gasteiger partial charge in [-0.2, -0.15) is 5.10 Å². The summed E-state index contributed by atoms with van der Waals surface area (Å²) in [5, 5.41) is 7.33. The molecular weight excluding hydrogens is 240 g/mol. The van der Waals surface area contributed by atoms with Crippen LogP contribution in [0.2, 0.25) is 0 Å². The van der Waals surface area contributed by atoms with E-state index in [2.05, 4.69) is 25.4 Å². The summed E-state index contributed by atoms with van der Waals surface area (Å²) in [6.07, 6.45) is 10.5. The van der Waals surface area contributed by atoms with Gasteiger partial charge in [0.05, 0.1) is 12.4 Å². The predicted molar refractivity (Wildman–Crippen MR) is 70.7 cm³/mol. The van der Waals surface area contributed by atoms with Gasteiger partial charge in [0.25, 0.3) is 0 Å². The summed E-state index contributed by atoms with van der Waals surface area (Å²) in [6, 6.07) is 5.76. The molecule has 6 heteroatoms. The van der Waals surface area contributed by atoms with Crippen LogP contribution in [0.25, 0.3) is 5.82 Å². The lowest BCUT2D eigenvalue weighted by Crippen LogP contribution is -2.05. The second-order valence-electron chi connectivity index (χ2n) is 3.93. The highest BCUT2D eigenvalue weighted by Crippen LogP contribution is 2.07. The second kappa shape index (κ2) is 5.26. The Morgan fingerprint density at radius 2 is 2.05 bits per heavy atom. The predicted octanol–water partition coefficient (Wildman–Crippen LogP) is 1.67. The van der Waals surface area contributed by atoms with Gasteiger partial charge in [0.2, 0.25) is 0 Å². The molecule has 0 radical (unpaired) electrons. The average molecular weight is 252 g/mol. The molecule has 0 amide bonds. The van der Waals surface area contributed by atoms with E-state index in [1.54, 1.807) is 29.5 Å². The molecule has 3 aromatic rings. The molecule has 1 N–H and O–H groups in total. The van der Waals surface area contributed by atoms with Crippen molar-refractivity contribution in [3.63, 3.8) is 0 Å². The monoisotopic (exact) mass is 252 g/mol. The van der Waals surface area contributed by atoms with Crippen LogP contribution in [0.5, 0.6) is 0 Å². The van der Waals surface area contributed by atoms with E-state index in [0.717, 1.165) is 5.56 Å². The molecule has 0 saturated heterocycles. The Labute approximate surface area is 110 Å². The summed E-state index contributed by atoms with van der Waals surface area (Å²) in [4.78, 5) is 12.7. The molecule has 94 valence electrons. The van der Waals surface area contributed by atoms with Crippen molar-refractivity contribution in [2.45, 2.75) is 6.54 Å². The molecule has 0 unspecified atom stereocenters. The number of hydrogen-bond donors (Lipinski definition) is 1. The molecule has 6 nitrogen and oxygen atoms in total. The third-order valence-electron chi connectivity index (χ3n) is 2.56. The zero-order valence-electron chi connectivity index (χ0n) is 10.1. The van der Waals surface area contributed by atoms with Crippen LogP contribution < -0.4 is 5.32 Å². The van der Waals surface area contributed by atoms with E-state index in [4.69, 9.17) is 0 Å². The number of rotatable bonds is 4. The topological polar surface area (TPSA) is 68.5 Å². The van der Waals surface area contributed by atoms with Gasteiger partial charge in [-0.25, -0.2) is 9.67 Å². The first kappa shape index (κ1) is 11.3. The fraction of sp³-hybridized carbons (Fsp3) is 0.0769. The van der Waals surface area contributed by atoms with Gasteiger partial charge in [0.1, 0.15) is 5.82 Å². The summed E-state index contributed by atoms with van der Waals surface area (Å²) in [5.74, 6) is 1.39. The van der Waals surface area contributed by atoms with Crippen LogP contribution in [0, 0.1) is 0 Å². The Morgan fingerprint density at radius 3 is 2.84 bits per heavy atom. The summed E-state index contributed by atoms with van der Waals surface area (Å²) in [6.45, 7) is 0.658. The lowest BCUT2D eigenvalue weighted by Gasteiger charge is -2.06. The van der Waals surface area contributed by atoms with Crippen molar-refractivity contribution in [1.82, 2.24) is 24.7 Å². The fourth-order valence-electron chi connectivity index (χ4n) is 1.65. The minimum absolute atomic E-state index is 0.658. The molecule has 0 aliphatic rings. The van der Waals surface area contributed by atoms with Gasteiger partial charge in [0.15, 0.2) is 5.82 Å². The normalized spacial score (nSPS) is 10.3. The minimum Gasteiger partial charge on any atom is -0.365 e. The molecule has 3 aromatic heterocycles. The van der Waals surface area contributed by atoms with Crippen LogP contribution in [-0.4, -0.2) is 24.7 Å². The van der Waals surface area contributed by atoms with Crippen molar-refractivity contribution >= 4 is 5.82 Å². The van der Waals surface area contributed by atoms with E-state index in [-0.39, 0.29) is 0 Å². The number of nitrogens with one attached hydrogen (secondary N) is 1. The highest BCUT2D eigenvalue weighted by atomic mass is 15.3. The Kier molecular flexibility index (Phi) is 3.14. The summed E-state index contributed by atoms with van der Waals surface area (Å²) < 4.78 is 1.67. The van der Waals surface area contributed by atoms with Crippen LogP contribution >= 0.6 is 0 Å². The van der Waals surface area contributed by atoms with Crippen molar-refractivity contribution in [2.24, 2.45) is 0 Å². The molecule has 0 aliphatic carbocycles. The van der Waals surface area contributed by atoms with Crippen molar-refractivity contribution in [3.8, 4) is 5.82 Å². The quantitative estimate of drug-likeness (QED) is 0.765. The van der Waals surface area contributed by atoms with Crippen LogP contribution in [-0.2, 0) is 6.54 Å². The Hall–Kier alpha value is -2.76. The SMILES string of the molecule is c1cncc(CNc2cncc(-n3cccn3)n2)c1. The maximum Gasteiger partial charge on any atom is 0.173 e. The molecule has 0 aliphatic heterocycles. The van der Waals surface area contributed by atoms with Crippen molar-refractivity contribution < 1.29 is 0 Å². The van der Waals surface area contributed by atoms with Crippen molar-refractivity contribution in [1.29, 1.82) is 0 Å². The molecule has 0 fully saturated rings. The Morgan fingerprint density at radius 1 is 1.05 bits per heavy atom. The molecule has 3 rings (SSSR count). The highest BCUT2D eigenvalue weighted by molar-refractivity contribution is 5.36. The number of nitrogens with zero attached hydrogens (tertiary/aromatic N) is 5. The van der Waals surface area contributed by atoms with Gasteiger partial charge < -0.3 is 5.32 Å². The number of hydrogen-bond acceptors (Lipinski definition) is 5. The summed E-state index contributed by atoms with van der Waals surface area (Å²) in [5.41, 5.74) is 1.09. The van der Waals surface area contributed by atoms with Gasteiger partial charge in [-0.15, -0.1) is 0 Å². The first-order valence-corrected chi connectivity index (χ1v) is 5.87. The third kappa shape index (κ3) is 2.74. The largest absolute Gasteiger partial charge is 0.365 e. The van der Waals surface area contributed by atoms with E-state index in [1.807, 2.05) is 30.6 Å². The third-order valence-corrected chi connectivity index (χ3v) is 2.56. The standard InChI is InChI=1S/C13H12N6/c1-3-11(7-14-4-1)8-16-12-9-15-10-13(18-12)19-6-2-5-17-19/h1-7,9-10H,8H2,(H,16,18). The minimum atomic E-state index is 0.658. The molecule has 0 saturated carbocycles. The van der Waals surface area contributed by atoms with E-state index in [9.17, 15) is 0 Å². The van der Waals surface area contributed by atoms with Crippen LogP contribution in [0.1, 0.15) is 5.56 Å².